The Bertz CT molecular complexity index is 646. The lowest BCUT2D eigenvalue weighted by molar-refractivity contribution is -0.343. The summed E-state index contributed by atoms with van der Waals surface area (Å²) in [6.45, 7) is 0.777. The first-order valence-electron chi connectivity index (χ1n) is 9.47. The van der Waals surface area contributed by atoms with Gasteiger partial charge in [0, 0.05) is 12.2 Å². The van der Waals surface area contributed by atoms with Gasteiger partial charge in [-0.15, -0.1) is 0 Å². The van der Waals surface area contributed by atoms with E-state index in [2.05, 4.69) is 0 Å². The second-order valence-corrected chi connectivity index (χ2v) is 6.80. The smallest absolute Gasteiger partial charge is 0.226 e. The van der Waals surface area contributed by atoms with Gasteiger partial charge in [-0.2, -0.15) is 0 Å². The summed E-state index contributed by atoms with van der Waals surface area (Å²) in [5, 5.41) is 20.1. The molecule has 1 saturated heterocycles. The third-order valence-electron chi connectivity index (χ3n) is 4.93. The van der Waals surface area contributed by atoms with E-state index in [0.29, 0.717) is 6.61 Å². The molecule has 3 unspecified atom stereocenters. The number of hydrogen-bond acceptors (Lipinski definition) is 4. The average molecular weight is 356 g/mol. The first-order valence-corrected chi connectivity index (χ1v) is 9.47. The van der Waals surface area contributed by atoms with Crippen LogP contribution < -0.4 is 0 Å². The number of aliphatic hydroxyl groups is 2. The molecule has 140 valence electrons. The van der Waals surface area contributed by atoms with Gasteiger partial charge in [-0.3, -0.25) is 0 Å². The molecule has 1 heterocycles. The molecular formula is C22H28O4. The van der Waals surface area contributed by atoms with Crippen molar-refractivity contribution in [2.45, 2.75) is 50.1 Å². The summed E-state index contributed by atoms with van der Waals surface area (Å²) in [6.07, 6.45) is 3.63. The van der Waals surface area contributed by atoms with Crippen LogP contribution in [0.1, 0.15) is 49.3 Å². The van der Waals surface area contributed by atoms with Crippen molar-refractivity contribution in [2.75, 3.05) is 13.2 Å². The Hall–Kier alpha value is -1.72. The molecule has 4 heteroatoms. The van der Waals surface area contributed by atoms with Gasteiger partial charge in [-0.1, -0.05) is 73.5 Å². The average Bonchev–Trinajstić information content (AvgIpc) is 2.72. The van der Waals surface area contributed by atoms with Crippen molar-refractivity contribution in [1.82, 2.24) is 0 Å². The SMILES string of the molecule is OCCCCCC1CCOC(c2ccccc2)(C(O)c2ccccc2)O1. The zero-order valence-corrected chi connectivity index (χ0v) is 15.1. The predicted molar refractivity (Wildman–Crippen MR) is 101 cm³/mol. The number of rotatable bonds is 8. The summed E-state index contributed by atoms with van der Waals surface area (Å²) in [5.74, 6) is -1.19. The Morgan fingerprint density at radius 3 is 2.35 bits per heavy atom. The van der Waals surface area contributed by atoms with Crippen molar-refractivity contribution >= 4 is 0 Å². The third-order valence-corrected chi connectivity index (χ3v) is 4.93. The van der Waals surface area contributed by atoms with Crippen molar-refractivity contribution in [3.8, 4) is 0 Å². The van der Waals surface area contributed by atoms with E-state index in [1.165, 1.54) is 0 Å². The first-order chi connectivity index (χ1) is 12.8. The molecule has 3 atom stereocenters. The lowest BCUT2D eigenvalue weighted by Crippen LogP contribution is -2.46. The van der Waals surface area contributed by atoms with Crippen LogP contribution in [-0.2, 0) is 15.3 Å². The first kappa shape index (κ1) is 19.1. The van der Waals surface area contributed by atoms with Crippen molar-refractivity contribution in [3.63, 3.8) is 0 Å². The molecule has 0 aliphatic carbocycles. The van der Waals surface area contributed by atoms with Crippen LogP contribution in [0.15, 0.2) is 60.7 Å². The van der Waals surface area contributed by atoms with Crippen molar-refractivity contribution in [2.24, 2.45) is 0 Å². The van der Waals surface area contributed by atoms with Gasteiger partial charge in [-0.05, 0) is 24.8 Å². The van der Waals surface area contributed by atoms with Gasteiger partial charge in [0.05, 0.1) is 12.7 Å². The van der Waals surface area contributed by atoms with E-state index in [1.54, 1.807) is 0 Å². The summed E-state index contributed by atoms with van der Waals surface area (Å²) in [5.41, 5.74) is 1.61. The van der Waals surface area contributed by atoms with E-state index in [-0.39, 0.29) is 12.7 Å². The van der Waals surface area contributed by atoms with Crippen LogP contribution in [0.3, 0.4) is 0 Å². The summed E-state index contributed by atoms with van der Waals surface area (Å²) >= 11 is 0. The Balaban J connectivity index is 1.84. The molecule has 1 aliphatic heterocycles. The maximum atomic E-state index is 11.2. The van der Waals surface area contributed by atoms with E-state index >= 15 is 0 Å². The molecule has 4 nitrogen and oxygen atoms in total. The molecule has 0 radical (unpaired) electrons. The minimum Gasteiger partial charge on any atom is -0.396 e. The minimum atomic E-state index is -1.19. The highest BCUT2D eigenvalue weighted by Gasteiger charge is 2.47. The Morgan fingerprint density at radius 2 is 1.65 bits per heavy atom. The van der Waals surface area contributed by atoms with Gasteiger partial charge in [0.2, 0.25) is 5.79 Å². The second kappa shape index (κ2) is 9.28. The molecule has 2 aromatic carbocycles. The van der Waals surface area contributed by atoms with Gasteiger partial charge < -0.3 is 19.7 Å². The van der Waals surface area contributed by atoms with Gasteiger partial charge in [0.25, 0.3) is 0 Å². The summed E-state index contributed by atoms with van der Waals surface area (Å²) in [7, 11) is 0. The number of aliphatic hydroxyl groups excluding tert-OH is 2. The maximum absolute atomic E-state index is 11.2. The molecule has 26 heavy (non-hydrogen) atoms. The highest BCUT2D eigenvalue weighted by atomic mass is 16.7. The van der Waals surface area contributed by atoms with Crippen molar-refractivity contribution in [1.29, 1.82) is 0 Å². The Morgan fingerprint density at radius 1 is 0.962 bits per heavy atom. The van der Waals surface area contributed by atoms with Crippen molar-refractivity contribution in [3.05, 3.63) is 71.8 Å². The largest absolute Gasteiger partial charge is 0.396 e. The normalized spacial score (nSPS) is 24.3. The molecule has 1 fully saturated rings. The fourth-order valence-corrected chi connectivity index (χ4v) is 3.52. The second-order valence-electron chi connectivity index (χ2n) is 6.80. The fourth-order valence-electron chi connectivity index (χ4n) is 3.52. The molecule has 3 rings (SSSR count). The van der Waals surface area contributed by atoms with Crippen LogP contribution in [0.2, 0.25) is 0 Å². The molecule has 1 aliphatic rings. The van der Waals surface area contributed by atoms with E-state index in [1.807, 2.05) is 60.7 Å². The molecule has 0 spiro atoms. The monoisotopic (exact) mass is 356 g/mol. The standard InChI is InChI=1S/C22H28O4/c23-16-9-3-8-14-20-15-17-25-22(26-20,19-12-6-2-7-13-19)21(24)18-10-4-1-5-11-18/h1-2,4-7,10-13,20-21,23-24H,3,8-9,14-17H2. The zero-order chi connectivity index (χ0) is 18.2. The van der Waals surface area contributed by atoms with Crippen molar-refractivity contribution < 1.29 is 19.7 Å². The van der Waals surface area contributed by atoms with E-state index in [4.69, 9.17) is 14.6 Å². The Labute approximate surface area is 155 Å². The number of ether oxygens (including phenoxy) is 2. The molecule has 2 N–H and O–H groups in total. The molecule has 0 aromatic heterocycles. The minimum absolute atomic E-state index is 0.0287. The van der Waals surface area contributed by atoms with E-state index < -0.39 is 11.9 Å². The molecular weight excluding hydrogens is 328 g/mol. The summed E-state index contributed by atoms with van der Waals surface area (Å²) < 4.78 is 12.5. The third kappa shape index (κ3) is 4.33. The fraction of sp³-hybridized carbons (Fsp3) is 0.455. The Kier molecular flexibility index (Phi) is 6.80. The molecule has 2 aromatic rings. The van der Waals surface area contributed by atoms with Crippen LogP contribution in [0.4, 0.5) is 0 Å². The molecule has 0 bridgehead atoms. The van der Waals surface area contributed by atoms with Gasteiger partial charge in [0.15, 0.2) is 0 Å². The number of unbranched alkanes of at least 4 members (excludes halogenated alkanes) is 2. The van der Waals surface area contributed by atoms with Crippen LogP contribution in [-0.4, -0.2) is 29.5 Å². The molecule has 0 amide bonds. The van der Waals surface area contributed by atoms with Gasteiger partial charge >= 0.3 is 0 Å². The van der Waals surface area contributed by atoms with E-state index in [0.717, 1.165) is 43.2 Å². The highest BCUT2D eigenvalue weighted by molar-refractivity contribution is 5.28. The van der Waals surface area contributed by atoms with Crippen LogP contribution >= 0.6 is 0 Å². The lowest BCUT2D eigenvalue weighted by atomic mass is 9.92. The summed E-state index contributed by atoms with van der Waals surface area (Å²) in [4.78, 5) is 0. The topological polar surface area (TPSA) is 58.9 Å². The predicted octanol–water partition coefficient (Wildman–Crippen LogP) is 3.93. The lowest BCUT2D eigenvalue weighted by Gasteiger charge is -2.44. The molecule has 0 saturated carbocycles. The number of benzene rings is 2. The summed E-state index contributed by atoms with van der Waals surface area (Å²) in [6, 6.07) is 19.2. The quantitative estimate of drug-likeness (QED) is 0.704. The maximum Gasteiger partial charge on any atom is 0.226 e. The highest BCUT2D eigenvalue weighted by Crippen LogP contribution is 2.44. The number of hydrogen-bond donors (Lipinski definition) is 2. The van der Waals surface area contributed by atoms with Crippen LogP contribution in [0.5, 0.6) is 0 Å². The van der Waals surface area contributed by atoms with Crippen LogP contribution in [0.25, 0.3) is 0 Å². The van der Waals surface area contributed by atoms with E-state index in [9.17, 15) is 5.11 Å². The van der Waals surface area contributed by atoms with Gasteiger partial charge in [0.1, 0.15) is 6.10 Å². The zero-order valence-electron chi connectivity index (χ0n) is 15.1. The van der Waals surface area contributed by atoms with Gasteiger partial charge in [-0.25, -0.2) is 0 Å². The van der Waals surface area contributed by atoms with Crippen LogP contribution in [0, 0.1) is 0 Å².